The molecule has 3 atom stereocenters. The minimum atomic E-state index is 0.305. The van der Waals surface area contributed by atoms with Crippen LogP contribution in [0.3, 0.4) is 0 Å². The van der Waals surface area contributed by atoms with Crippen molar-refractivity contribution >= 4 is 17.5 Å². The molecule has 0 aliphatic heterocycles. The minimum absolute atomic E-state index is 0.305. The Kier molecular flexibility index (Phi) is 4.94. The fourth-order valence-electron chi connectivity index (χ4n) is 3.87. The second-order valence-electron chi connectivity index (χ2n) is 6.36. The first-order valence-electron chi connectivity index (χ1n) is 7.47. The summed E-state index contributed by atoms with van der Waals surface area (Å²) < 4.78 is 0. The number of hydrogen-bond donors (Lipinski definition) is 0. The van der Waals surface area contributed by atoms with Crippen LogP contribution in [-0.4, -0.2) is 29.3 Å². The zero-order valence-corrected chi connectivity index (χ0v) is 12.5. The molecule has 0 heterocycles. The number of halogens is 1. The average molecular weight is 272 g/mol. The molecule has 3 heteroatoms. The maximum Gasteiger partial charge on any atom is 0.223 e. The summed E-state index contributed by atoms with van der Waals surface area (Å²) in [5.74, 6) is 3.45. The molecule has 0 radical (unpaired) electrons. The topological polar surface area (TPSA) is 20.3 Å². The highest BCUT2D eigenvalue weighted by Crippen LogP contribution is 2.49. The molecule has 2 aliphatic rings. The molecule has 0 saturated heterocycles. The van der Waals surface area contributed by atoms with Crippen molar-refractivity contribution in [2.24, 2.45) is 17.8 Å². The van der Waals surface area contributed by atoms with E-state index in [1.165, 1.54) is 25.7 Å². The van der Waals surface area contributed by atoms with E-state index in [2.05, 4.69) is 13.8 Å². The molecule has 0 spiro atoms. The van der Waals surface area contributed by atoms with Gasteiger partial charge in [-0.05, 0) is 57.3 Å². The largest absolute Gasteiger partial charge is 0.340 e. The van der Waals surface area contributed by atoms with Gasteiger partial charge in [0.2, 0.25) is 5.91 Å². The van der Waals surface area contributed by atoms with Crippen LogP contribution in [0.1, 0.15) is 52.4 Å². The van der Waals surface area contributed by atoms with Crippen LogP contribution in [-0.2, 0) is 4.79 Å². The predicted molar refractivity (Wildman–Crippen MR) is 75.7 cm³/mol. The van der Waals surface area contributed by atoms with Gasteiger partial charge < -0.3 is 4.90 Å². The number of carbonyl (C=O) groups is 1. The minimum Gasteiger partial charge on any atom is -0.340 e. The third-order valence-corrected chi connectivity index (χ3v) is 5.06. The van der Waals surface area contributed by atoms with Crippen LogP contribution in [0, 0.1) is 17.8 Å². The number of hydrogen-bond acceptors (Lipinski definition) is 1. The van der Waals surface area contributed by atoms with Crippen molar-refractivity contribution in [2.45, 2.75) is 58.4 Å². The van der Waals surface area contributed by atoms with Crippen LogP contribution in [0.4, 0.5) is 0 Å². The van der Waals surface area contributed by atoms with Gasteiger partial charge in [0.05, 0.1) is 0 Å². The van der Waals surface area contributed by atoms with E-state index in [1.54, 1.807) is 0 Å². The Labute approximate surface area is 116 Å². The lowest BCUT2D eigenvalue weighted by molar-refractivity contribution is -0.134. The molecule has 0 aromatic carbocycles. The number of rotatable bonds is 6. The van der Waals surface area contributed by atoms with E-state index in [-0.39, 0.29) is 0 Å². The summed E-state index contributed by atoms with van der Waals surface area (Å²) in [5.41, 5.74) is 0. The third-order valence-electron chi connectivity index (χ3n) is 4.80. The monoisotopic (exact) mass is 271 g/mol. The van der Waals surface area contributed by atoms with Gasteiger partial charge in [-0.25, -0.2) is 0 Å². The van der Waals surface area contributed by atoms with E-state index >= 15 is 0 Å². The zero-order chi connectivity index (χ0) is 13.1. The summed E-state index contributed by atoms with van der Waals surface area (Å²) in [6.45, 7) is 5.03. The number of alkyl halides is 1. The van der Waals surface area contributed by atoms with E-state index < -0.39 is 0 Å². The van der Waals surface area contributed by atoms with Gasteiger partial charge in [0, 0.05) is 24.9 Å². The molecule has 0 aromatic rings. The number of nitrogens with zero attached hydrogens (tertiary/aromatic N) is 1. The lowest BCUT2D eigenvalue weighted by Gasteiger charge is -2.29. The van der Waals surface area contributed by atoms with Crippen LogP contribution < -0.4 is 0 Å². The van der Waals surface area contributed by atoms with Crippen LogP contribution in [0.15, 0.2) is 0 Å². The average Bonchev–Trinajstić information content (AvgIpc) is 2.91. The Morgan fingerprint density at radius 2 is 2.11 bits per heavy atom. The SMILES string of the molecule is CC(C)N(CCCCl)C(=O)CC1CC2CCC1C2. The van der Waals surface area contributed by atoms with Gasteiger partial charge in [-0.1, -0.05) is 6.42 Å². The third kappa shape index (κ3) is 3.20. The van der Waals surface area contributed by atoms with Crippen molar-refractivity contribution in [2.75, 3.05) is 12.4 Å². The first kappa shape index (κ1) is 14.2. The van der Waals surface area contributed by atoms with Crippen LogP contribution in [0.2, 0.25) is 0 Å². The van der Waals surface area contributed by atoms with Gasteiger partial charge in [-0.2, -0.15) is 0 Å². The molecule has 2 rings (SSSR count). The van der Waals surface area contributed by atoms with Gasteiger partial charge in [-0.3, -0.25) is 4.79 Å². The Hall–Kier alpha value is -0.240. The highest BCUT2D eigenvalue weighted by molar-refractivity contribution is 6.17. The summed E-state index contributed by atoms with van der Waals surface area (Å²) in [5, 5.41) is 0. The molecule has 3 unspecified atom stereocenters. The summed E-state index contributed by atoms with van der Waals surface area (Å²) in [6.07, 6.45) is 7.16. The zero-order valence-electron chi connectivity index (χ0n) is 11.7. The van der Waals surface area contributed by atoms with Crippen LogP contribution in [0.25, 0.3) is 0 Å². The van der Waals surface area contributed by atoms with Gasteiger partial charge in [-0.15, -0.1) is 11.6 Å². The number of fused-ring (bicyclic) bond motifs is 2. The molecule has 18 heavy (non-hydrogen) atoms. The second kappa shape index (κ2) is 6.27. The summed E-state index contributed by atoms with van der Waals surface area (Å²) >= 11 is 5.74. The van der Waals surface area contributed by atoms with Crippen molar-refractivity contribution in [1.29, 1.82) is 0 Å². The quantitative estimate of drug-likeness (QED) is 0.675. The summed E-state index contributed by atoms with van der Waals surface area (Å²) in [7, 11) is 0. The molecule has 1 amide bonds. The highest BCUT2D eigenvalue weighted by Gasteiger charge is 2.40. The summed E-state index contributed by atoms with van der Waals surface area (Å²) in [6, 6.07) is 0.305. The molecule has 2 nitrogen and oxygen atoms in total. The van der Waals surface area contributed by atoms with Crippen molar-refractivity contribution in [3.8, 4) is 0 Å². The first-order valence-corrected chi connectivity index (χ1v) is 8.00. The van der Waals surface area contributed by atoms with Crippen molar-refractivity contribution in [3.05, 3.63) is 0 Å². The van der Waals surface area contributed by atoms with Gasteiger partial charge in [0.1, 0.15) is 0 Å². The molecule has 0 aromatic heterocycles. The first-order chi connectivity index (χ1) is 8.61. The van der Waals surface area contributed by atoms with Gasteiger partial charge >= 0.3 is 0 Å². The van der Waals surface area contributed by atoms with Crippen LogP contribution >= 0.6 is 11.6 Å². The maximum atomic E-state index is 12.4. The molecule has 2 bridgehead atoms. The van der Waals surface area contributed by atoms with E-state index in [4.69, 9.17) is 11.6 Å². The fraction of sp³-hybridized carbons (Fsp3) is 0.933. The van der Waals surface area contributed by atoms with E-state index in [0.717, 1.165) is 31.2 Å². The lowest BCUT2D eigenvalue weighted by atomic mass is 9.86. The van der Waals surface area contributed by atoms with Crippen molar-refractivity contribution in [1.82, 2.24) is 4.90 Å². The van der Waals surface area contributed by atoms with Gasteiger partial charge in [0.15, 0.2) is 0 Å². The number of amides is 1. The van der Waals surface area contributed by atoms with Gasteiger partial charge in [0.25, 0.3) is 0 Å². The highest BCUT2D eigenvalue weighted by atomic mass is 35.5. The standard InChI is InChI=1S/C15H26ClNO/c1-11(2)17(7-3-6-16)15(18)10-14-9-12-4-5-13(14)8-12/h11-14H,3-10H2,1-2H3. The predicted octanol–water partition coefficient (Wildman–Crippen LogP) is 3.68. The molecule has 2 saturated carbocycles. The lowest BCUT2D eigenvalue weighted by Crippen LogP contribution is -2.39. The maximum absolute atomic E-state index is 12.4. The Morgan fingerprint density at radius 3 is 2.61 bits per heavy atom. The van der Waals surface area contributed by atoms with E-state index in [1.807, 2.05) is 4.90 Å². The van der Waals surface area contributed by atoms with Crippen molar-refractivity contribution in [3.63, 3.8) is 0 Å². The van der Waals surface area contributed by atoms with Crippen LogP contribution in [0.5, 0.6) is 0 Å². The Bertz CT molecular complexity index is 292. The van der Waals surface area contributed by atoms with Crippen molar-refractivity contribution < 1.29 is 4.79 Å². The normalized spacial score (nSPS) is 30.1. The molecular formula is C15H26ClNO. The molecular weight excluding hydrogens is 246 g/mol. The molecule has 2 aliphatic carbocycles. The number of carbonyl (C=O) groups excluding carboxylic acids is 1. The summed E-state index contributed by atoms with van der Waals surface area (Å²) in [4.78, 5) is 14.4. The second-order valence-corrected chi connectivity index (χ2v) is 6.74. The van der Waals surface area contributed by atoms with E-state index in [0.29, 0.717) is 23.7 Å². The Morgan fingerprint density at radius 1 is 1.33 bits per heavy atom. The fourth-order valence-corrected chi connectivity index (χ4v) is 3.99. The van der Waals surface area contributed by atoms with E-state index in [9.17, 15) is 4.79 Å². The smallest absolute Gasteiger partial charge is 0.223 e. The molecule has 104 valence electrons. The Balaban J connectivity index is 1.85. The molecule has 2 fully saturated rings. The molecule has 0 N–H and O–H groups in total.